The lowest BCUT2D eigenvalue weighted by atomic mass is 10.1. The predicted octanol–water partition coefficient (Wildman–Crippen LogP) is 7.87. The summed E-state index contributed by atoms with van der Waals surface area (Å²) < 4.78 is 6.33. The molecule has 0 aliphatic heterocycles. The van der Waals surface area contributed by atoms with Crippen LogP contribution in [0, 0.1) is 0 Å². The van der Waals surface area contributed by atoms with Gasteiger partial charge in [-0.1, -0.05) is 51.9 Å². The average Bonchev–Trinajstić information content (AvgIpc) is 3.23. The number of halogens is 1. The van der Waals surface area contributed by atoms with Crippen LogP contribution in [0.3, 0.4) is 0 Å². The lowest BCUT2D eigenvalue weighted by molar-refractivity contribution is 0.0740. The van der Waals surface area contributed by atoms with Gasteiger partial charge in [0.1, 0.15) is 10.6 Å². The Morgan fingerprint density at radius 3 is 2.16 bits per heavy atom. The summed E-state index contributed by atoms with van der Waals surface area (Å²) in [6.45, 7) is 2.26. The van der Waals surface area contributed by atoms with Crippen LogP contribution in [0.15, 0.2) is 52.6 Å². The molecule has 3 rings (SSSR count). The number of hydrogen-bond acceptors (Lipinski definition) is 5. The molecule has 0 saturated carbocycles. The second-order valence-electron chi connectivity index (χ2n) is 7.66. The molecule has 1 aromatic carbocycles. The molecule has 0 aliphatic carbocycles. The molecule has 0 amide bonds. The van der Waals surface area contributed by atoms with Gasteiger partial charge in [0.2, 0.25) is 0 Å². The first-order valence-electron chi connectivity index (χ1n) is 11.0. The molecule has 0 radical (unpaired) electrons. The van der Waals surface area contributed by atoms with Crippen LogP contribution in [-0.2, 0) is 6.42 Å². The van der Waals surface area contributed by atoms with E-state index >= 15 is 0 Å². The summed E-state index contributed by atoms with van der Waals surface area (Å²) >= 11 is 4.70. The quantitative estimate of drug-likeness (QED) is 0.144. The van der Waals surface area contributed by atoms with Gasteiger partial charge in [-0.05, 0) is 70.7 Å². The van der Waals surface area contributed by atoms with Gasteiger partial charge in [0, 0.05) is 18.0 Å². The molecule has 0 unspecified atom stereocenters. The molecular weight excluding hydrogens is 472 g/mol. The fourth-order valence-corrected chi connectivity index (χ4v) is 4.61. The van der Waals surface area contributed by atoms with Crippen molar-refractivity contribution in [3.63, 3.8) is 0 Å². The Kier molecular flexibility index (Phi) is 9.69. The molecule has 3 aromatic rings. The topological polar surface area (TPSA) is 52.1 Å². The SMILES string of the molecule is CCCCCCCCCCc1cnc(-c2ccc(OC(=O)c3ccc(Br)s3)cc2)nc1. The monoisotopic (exact) mass is 500 g/mol. The number of rotatable bonds is 12. The molecule has 0 N–H and O–H groups in total. The van der Waals surface area contributed by atoms with Gasteiger partial charge in [-0.15, -0.1) is 11.3 Å². The van der Waals surface area contributed by atoms with Crippen molar-refractivity contribution in [1.29, 1.82) is 0 Å². The van der Waals surface area contributed by atoms with E-state index < -0.39 is 0 Å². The van der Waals surface area contributed by atoms with Crippen molar-refractivity contribution in [3.8, 4) is 17.1 Å². The third-order valence-corrected chi connectivity index (χ3v) is 6.73. The van der Waals surface area contributed by atoms with Gasteiger partial charge >= 0.3 is 5.97 Å². The minimum atomic E-state index is -0.356. The number of aryl methyl sites for hydroxylation is 1. The minimum absolute atomic E-state index is 0.356. The van der Waals surface area contributed by atoms with E-state index in [1.54, 1.807) is 18.2 Å². The standard InChI is InChI=1S/C25H29BrN2O2S/c1-2-3-4-5-6-7-8-9-10-19-17-27-24(28-18-19)20-11-13-21(14-12-20)30-25(29)22-15-16-23(26)31-22/h11-18H,2-10H2,1H3. The molecule has 0 bridgehead atoms. The molecule has 6 heteroatoms. The van der Waals surface area contributed by atoms with Crippen LogP contribution in [0.25, 0.3) is 11.4 Å². The maximum atomic E-state index is 12.1. The van der Waals surface area contributed by atoms with Gasteiger partial charge in [-0.3, -0.25) is 0 Å². The van der Waals surface area contributed by atoms with Crippen molar-refractivity contribution in [2.45, 2.75) is 64.7 Å². The Hall–Kier alpha value is -2.05. The molecule has 0 saturated heterocycles. The van der Waals surface area contributed by atoms with E-state index in [9.17, 15) is 4.79 Å². The number of unbranched alkanes of at least 4 members (excludes halogenated alkanes) is 7. The maximum absolute atomic E-state index is 12.1. The molecule has 2 heterocycles. The van der Waals surface area contributed by atoms with Crippen LogP contribution in [0.5, 0.6) is 5.75 Å². The Morgan fingerprint density at radius 1 is 0.903 bits per heavy atom. The molecule has 31 heavy (non-hydrogen) atoms. The zero-order valence-corrected chi connectivity index (χ0v) is 20.4. The number of carbonyl (C=O) groups excluding carboxylic acids is 1. The summed E-state index contributed by atoms with van der Waals surface area (Å²) in [6.07, 6.45) is 15.4. The molecular formula is C25H29BrN2O2S. The highest BCUT2D eigenvalue weighted by Crippen LogP contribution is 2.25. The van der Waals surface area contributed by atoms with Gasteiger partial charge in [0.25, 0.3) is 0 Å². The fraction of sp³-hybridized carbons (Fsp3) is 0.400. The number of benzene rings is 1. The number of hydrogen-bond donors (Lipinski definition) is 0. The summed E-state index contributed by atoms with van der Waals surface area (Å²) in [5.41, 5.74) is 2.08. The highest BCUT2D eigenvalue weighted by atomic mass is 79.9. The Bertz CT molecular complexity index is 939. The Balaban J connectivity index is 1.43. The Labute approximate surface area is 197 Å². The summed E-state index contributed by atoms with van der Waals surface area (Å²) in [4.78, 5) is 21.7. The zero-order chi connectivity index (χ0) is 21.9. The summed E-state index contributed by atoms with van der Waals surface area (Å²) in [7, 11) is 0. The molecule has 4 nitrogen and oxygen atoms in total. The van der Waals surface area contributed by atoms with Crippen molar-refractivity contribution in [1.82, 2.24) is 9.97 Å². The lowest BCUT2D eigenvalue weighted by Crippen LogP contribution is -2.06. The van der Waals surface area contributed by atoms with Crippen molar-refractivity contribution < 1.29 is 9.53 Å². The van der Waals surface area contributed by atoms with Crippen LogP contribution in [0.4, 0.5) is 0 Å². The van der Waals surface area contributed by atoms with Crippen molar-refractivity contribution >= 4 is 33.2 Å². The highest BCUT2D eigenvalue weighted by Gasteiger charge is 2.11. The van der Waals surface area contributed by atoms with Crippen LogP contribution in [0.2, 0.25) is 0 Å². The van der Waals surface area contributed by atoms with Gasteiger partial charge in [-0.25, -0.2) is 14.8 Å². The summed E-state index contributed by atoms with van der Waals surface area (Å²) in [5, 5.41) is 0. The number of carbonyl (C=O) groups is 1. The van der Waals surface area contributed by atoms with Gasteiger partial charge in [0.05, 0.1) is 3.79 Å². The maximum Gasteiger partial charge on any atom is 0.353 e. The first-order chi connectivity index (χ1) is 15.2. The van der Waals surface area contributed by atoms with Gasteiger partial charge in [-0.2, -0.15) is 0 Å². The number of thiophene rings is 1. The van der Waals surface area contributed by atoms with E-state index in [0.29, 0.717) is 16.5 Å². The average molecular weight is 501 g/mol. The largest absolute Gasteiger partial charge is 0.422 e. The van der Waals surface area contributed by atoms with Crippen molar-refractivity contribution in [2.75, 3.05) is 0 Å². The minimum Gasteiger partial charge on any atom is -0.422 e. The third kappa shape index (κ3) is 7.86. The first kappa shape index (κ1) is 23.6. The van der Waals surface area contributed by atoms with Crippen LogP contribution in [0.1, 0.15) is 73.5 Å². The van der Waals surface area contributed by atoms with Crippen LogP contribution < -0.4 is 4.74 Å². The van der Waals surface area contributed by atoms with E-state index in [1.165, 1.54) is 68.3 Å². The van der Waals surface area contributed by atoms with Crippen LogP contribution >= 0.6 is 27.3 Å². The van der Waals surface area contributed by atoms with Crippen LogP contribution in [-0.4, -0.2) is 15.9 Å². The third-order valence-electron chi connectivity index (χ3n) is 5.12. The van der Waals surface area contributed by atoms with Gasteiger partial charge in [0.15, 0.2) is 5.82 Å². The first-order valence-corrected chi connectivity index (χ1v) is 12.7. The zero-order valence-electron chi connectivity index (χ0n) is 18.0. The Morgan fingerprint density at radius 2 is 1.55 bits per heavy atom. The summed E-state index contributed by atoms with van der Waals surface area (Å²) in [6, 6.07) is 10.9. The second-order valence-corrected chi connectivity index (χ2v) is 10.1. The molecule has 0 spiro atoms. The van der Waals surface area contributed by atoms with E-state index in [4.69, 9.17) is 4.74 Å². The van der Waals surface area contributed by atoms with E-state index in [-0.39, 0.29) is 5.97 Å². The van der Waals surface area contributed by atoms with E-state index in [2.05, 4.69) is 32.8 Å². The number of aromatic nitrogens is 2. The van der Waals surface area contributed by atoms with Crippen molar-refractivity contribution in [3.05, 3.63) is 63.0 Å². The molecule has 0 aliphatic rings. The van der Waals surface area contributed by atoms with Gasteiger partial charge < -0.3 is 4.74 Å². The van der Waals surface area contributed by atoms with E-state index in [0.717, 1.165) is 15.8 Å². The number of ether oxygens (including phenoxy) is 1. The molecule has 2 aromatic heterocycles. The molecule has 0 atom stereocenters. The van der Waals surface area contributed by atoms with E-state index in [1.807, 2.05) is 30.6 Å². The smallest absolute Gasteiger partial charge is 0.353 e. The number of nitrogens with zero attached hydrogens (tertiary/aromatic N) is 2. The lowest BCUT2D eigenvalue weighted by Gasteiger charge is -2.06. The summed E-state index contributed by atoms with van der Waals surface area (Å²) in [5.74, 6) is 0.828. The van der Waals surface area contributed by atoms with Crippen molar-refractivity contribution in [2.24, 2.45) is 0 Å². The normalized spacial score (nSPS) is 10.9. The fourth-order valence-electron chi connectivity index (χ4n) is 3.35. The second kappa shape index (κ2) is 12.7. The molecule has 0 fully saturated rings. The number of esters is 1. The predicted molar refractivity (Wildman–Crippen MR) is 131 cm³/mol. The highest BCUT2D eigenvalue weighted by molar-refractivity contribution is 9.11. The molecule has 164 valence electrons.